The Morgan fingerprint density at radius 1 is 1.14 bits per heavy atom. The lowest BCUT2D eigenvalue weighted by atomic mass is 9.89. The molecule has 3 aliphatic heterocycles. The van der Waals surface area contributed by atoms with Crippen molar-refractivity contribution in [3.8, 4) is 5.75 Å². The quantitative estimate of drug-likeness (QED) is 0.601. The molecule has 2 fully saturated rings. The number of aromatic nitrogens is 4. The Hall–Kier alpha value is -3.04. The van der Waals surface area contributed by atoms with Gasteiger partial charge in [-0.3, -0.25) is 14.7 Å². The van der Waals surface area contributed by atoms with Crippen LogP contribution in [0, 0.1) is 0 Å². The third-order valence-corrected chi connectivity index (χ3v) is 7.54. The Morgan fingerprint density at radius 2 is 1.97 bits per heavy atom. The molecule has 9 heteroatoms. The van der Waals surface area contributed by atoms with Gasteiger partial charge < -0.3 is 14.4 Å². The first kappa shape index (κ1) is 22.4. The summed E-state index contributed by atoms with van der Waals surface area (Å²) in [5.74, 6) is 2.49. The second-order valence-corrected chi connectivity index (χ2v) is 9.80. The third-order valence-electron chi connectivity index (χ3n) is 7.54. The van der Waals surface area contributed by atoms with Crippen molar-refractivity contribution >= 4 is 16.9 Å². The number of rotatable bonds is 5. The van der Waals surface area contributed by atoms with E-state index in [0.717, 1.165) is 73.8 Å². The maximum Gasteiger partial charge on any atom is 0.260 e. The minimum Gasteiger partial charge on any atom is -0.497 e. The normalized spacial score (nSPS) is 19.3. The van der Waals surface area contributed by atoms with Gasteiger partial charge in [0.2, 0.25) is 5.95 Å². The molecule has 1 N–H and O–H groups in total. The zero-order valence-electron chi connectivity index (χ0n) is 20.3. The molecule has 6 rings (SSSR count). The van der Waals surface area contributed by atoms with Crippen LogP contribution in [-0.2, 0) is 24.2 Å². The number of methoxy groups -OCH3 is 1. The molecule has 0 unspecified atom stereocenters. The van der Waals surface area contributed by atoms with Crippen LogP contribution in [0.2, 0.25) is 0 Å². The minimum absolute atomic E-state index is 0.0999. The molecule has 3 aromatic rings. The maximum atomic E-state index is 13.3. The van der Waals surface area contributed by atoms with Gasteiger partial charge in [0.25, 0.3) is 5.56 Å². The Balaban J connectivity index is 1.29. The van der Waals surface area contributed by atoms with E-state index in [0.29, 0.717) is 36.6 Å². The second kappa shape index (κ2) is 9.54. The number of fused-ring (bicyclic) bond motifs is 2. The van der Waals surface area contributed by atoms with Gasteiger partial charge >= 0.3 is 0 Å². The number of hydrogen-bond donors (Lipinski definition) is 1. The predicted molar refractivity (Wildman–Crippen MR) is 133 cm³/mol. The summed E-state index contributed by atoms with van der Waals surface area (Å²) in [7, 11) is 1.66. The van der Waals surface area contributed by atoms with E-state index in [9.17, 15) is 4.79 Å². The zero-order chi connectivity index (χ0) is 23.8. The molecule has 35 heavy (non-hydrogen) atoms. The molecule has 0 saturated carbocycles. The average molecular weight is 477 g/mol. The highest BCUT2D eigenvalue weighted by molar-refractivity contribution is 5.84. The third kappa shape index (κ3) is 4.50. The van der Waals surface area contributed by atoms with Crippen LogP contribution in [-0.4, -0.2) is 64.8 Å². The smallest absolute Gasteiger partial charge is 0.260 e. The standard InChI is InChI=1S/C26H32N6O3/c1-34-19-12-20(17-5-10-35-11-6-17)24-22(13-19)29-26(30-25(24)33)32-9-4-21-18(15-32)14-27-23(28-21)16-31-7-2-3-8-31/h12-14,17H,2-11,15-16H2,1H3,(H,29,30,33). The second-order valence-electron chi connectivity index (χ2n) is 9.80. The van der Waals surface area contributed by atoms with Crippen LogP contribution in [0.5, 0.6) is 5.75 Å². The van der Waals surface area contributed by atoms with E-state index in [1.165, 1.54) is 12.8 Å². The molecule has 0 amide bonds. The molecular formula is C26H32N6O3. The van der Waals surface area contributed by atoms with Gasteiger partial charge in [0.15, 0.2) is 0 Å². The lowest BCUT2D eigenvalue weighted by Gasteiger charge is -2.29. The Bertz CT molecular complexity index is 1280. The molecule has 0 radical (unpaired) electrons. The van der Waals surface area contributed by atoms with Gasteiger partial charge in [0.1, 0.15) is 11.6 Å². The fourth-order valence-electron chi connectivity index (χ4n) is 5.62. The number of anilines is 1. The molecular weight excluding hydrogens is 444 g/mol. The van der Waals surface area contributed by atoms with Crippen molar-refractivity contribution in [2.24, 2.45) is 0 Å². The highest BCUT2D eigenvalue weighted by Crippen LogP contribution is 2.34. The summed E-state index contributed by atoms with van der Waals surface area (Å²) in [6, 6.07) is 3.85. The summed E-state index contributed by atoms with van der Waals surface area (Å²) >= 11 is 0. The Kier molecular flexibility index (Phi) is 6.12. The largest absolute Gasteiger partial charge is 0.497 e. The molecule has 0 bridgehead atoms. The first-order valence-corrected chi connectivity index (χ1v) is 12.7. The van der Waals surface area contributed by atoms with Gasteiger partial charge in [-0.25, -0.2) is 15.0 Å². The summed E-state index contributed by atoms with van der Waals surface area (Å²) in [5, 5.41) is 0.661. The number of nitrogens with zero attached hydrogens (tertiary/aromatic N) is 5. The van der Waals surface area contributed by atoms with E-state index >= 15 is 0 Å². The lowest BCUT2D eigenvalue weighted by Crippen LogP contribution is -2.34. The van der Waals surface area contributed by atoms with Crippen LogP contribution < -0.4 is 15.2 Å². The van der Waals surface area contributed by atoms with Crippen molar-refractivity contribution < 1.29 is 9.47 Å². The van der Waals surface area contributed by atoms with Crippen molar-refractivity contribution in [3.63, 3.8) is 0 Å². The summed E-state index contributed by atoms with van der Waals surface area (Å²) in [4.78, 5) is 35.3. The van der Waals surface area contributed by atoms with Crippen LogP contribution in [0.4, 0.5) is 5.95 Å². The number of likely N-dealkylation sites (tertiary alicyclic amines) is 1. The topological polar surface area (TPSA) is 96.5 Å². The molecule has 0 spiro atoms. The zero-order valence-corrected chi connectivity index (χ0v) is 20.3. The van der Waals surface area contributed by atoms with Crippen molar-refractivity contribution in [2.75, 3.05) is 44.9 Å². The van der Waals surface area contributed by atoms with Gasteiger partial charge in [-0.05, 0) is 56.3 Å². The van der Waals surface area contributed by atoms with Gasteiger partial charge in [-0.15, -0.1) is 0 Å². The summed E-state index contributed by atoms with van der Waals surface area (Å²) in [6.07, 6.45) is 7.07. The fraction of sp³-hybridized carbons (Fsp3) is 0.538. The number of H-pyrrole nitrogens is 1. The summed E-state index contributed by atoms with van der Waals surface area (Å²) < 4.78 is 11.1. The number of aromatic amines is 1. The highest BCUT2D eigenvalue weighted by Gasteiger charge is 2.25. The number of nitrogens with one attached hydrogen (secondary N) is 1. The molecule has 0 atom stereocenters. The van der Waals surface area contributed by atoms with Crippen LogP contribution in [0.3, 0.4) is 0 Å². The van der Waals surface area contributed by atoms with E-state index in [1.807, 2.05) is 18.3 Å². The van der Waals surface area contributed by atoms with E-state index in [2.05, 4.69) is 19.8 Å². The predicted octanol–water partition coefficient (Wildman–Crippen LogP) is 2.77. The fourth-order valence-corrected chi connectivity index (χ4v) is 5.62. The molecule has 3 aliphatic rings. The molecule has 5 heterocycles. The monoisotopic (exact) mass is 476 g/mol. The first-order valence-electron chi connectivity index (χ1n) is 12.7. The van der Waals surface area contributed by atoms with Gasteiger partial charge in [0.05, 0.1) is 30.3 Å². The van der Waals surface area contributed by atoms with E-state index in [1.54, 1.807) is 7.11 Å². The van der Waals surface area contributed by atoms with Crippen LogP contribution in [0.1, 0.15) is 54.2 Å². The van der Waals surface area contributed by atoms with E-state index in [-0.39, 0.29) is 11.5 Å². The van der Waals surface area contributed by atoms with E-state index < -0.39 is 0 Å². The van der Waals surface area contributed by atoms with E-state index in [4.69, 9.17) is 19.4 Å². The van der Waals surface area contributed by atoms with Crippen LogP contribution >= 0.6 is 0 Å². The first-order chi connectivity index (χ1) is 17.2. The molecule has 184 valence electrons. The molecule has 9 nitrogen and oxygen atoms in total. The number of benzene rings is 1. The number of ether oxygens (including phenoxy) is 2. The molecule has 0 aliphatic carbocycles. The maximum absolute atomic E-state index is 13.3. The van der Waals surface area contributed by atoms with Gasteiger partial charge in [-0.1, -0.05) is 0 Å². The van der Waals surface area contributed by atoms with Crippen molar-refractivity contribution in [1.29, 1.82) is 0 Å². The summed E-state index contributed by atoms with van der Waals surface area (Å²) in [5.41, 5.74) is 3.78. The molecule has 2 saturated heterocycles. The van der Waals surface area contributed by atoms with Gasteiger partial charge in [-0.2, -0.15) is 0 Å². The average Bonchev–Trinajstić information content (AvgIpc) is 3.41. The van der Waals surface area contributed by atoms with Gasteiger partial charge in [0, 0.05) is 50.6 Å². The Morgan fingerprint density at radius 3 is 2.77 bits per heavy atom. The SMILES string of the molecule is COc1cc(C2CCOCC2)c2c(=O)[nH]c(N3CCc4nc(CN5CCCC5)ncc4C3)nc2c1. The lowest BCUT2D eigenvalue weighted by molar-refractivity contribution is 0.0855. The van der Waals surface area contributed by atoms with Crippen molar-refractivity contribution in [1.82, 2.24) is 24.8 Å². The van der Waals surface area contributed by atoms with Crippen LogP contribution in [0.15, 0.2) is 23.1 Å². The van der Waals surface area contributed by atoms with Crippen LogP contribution in [0.25, 0.3) is 10.9 Å². The summed E-state index contributed by atoms with van der Waals surface area (Å²) in [6.45, 7) is 5.90. The van der Waals surface area contributed by atoms with Crippen molar-refractivity contribution in [2.45, 2.75) is 51.1 Å². The van der Waals surface area contributed by atoms with Crippen molar-refractivity contribution in [3.05, 3.63) is 51.3 Å². The Labute approximate surface area is 204 Å². The molecule has 1 aromatic carbocycles. The molecule has 2 aromatic heterocycles. The minimum atomic E-state index is -0.0999. The highest BCUT2D eigenvalue weighted by atomic mass is 16.5. The number of hydrogen-bond acceptors (Lipinski definition) is 8.